The van der Waals surface area contributed by atoms with Crippen LogP contribution in [0.2, 0.25) is 0 Å². The van der Waals surface area contributed by atoms with Gasteiger partial charge >= 0.3 is 0 Å². The number of hydrogen-bond donors (Lipinski definition) is 0. The molecule has 2 aliphatic rings. The monoisotopic (exact) mass is 488 g/mol. The lowest BCUT2D eigenvalue weighted by molar-refractivity contribution is -0.135. The van der Waals surface area contributed by atoms with Crippen molar-refractivity contribution in [2.75, 3.05) is 19.7 Å². The molecule has 1 aliphatic heterocycles. The summed E-state index contributed by atoms with van der Waals surface area (Å²) >= 11 is 1.74. The molecular weight excluding hydrogens is 456 g/mol. The van der Waals surface area contributed by atoms with Gasteiger partial charge in [-0.1, -0.05) is 44.2 Å². The van der Waals surface area contributed by atoms with Crippen LogP contribution < -0.4 is 4.74 Å². The van der Waals surface area contributed by atoms with E-state index in [0.717, 1.165) is 25.0 Å². The lowest BCUT2D eigenvalue weighted by Gasteiger charge is -2.37. The van der Waals surface area contributed by atoms with Crippen molar-refractivity contribution in [1.82, 2.24) is 9.80 Å². The molecule has 2 heterocycles. The van der Waals surface area contributed by atoms with E-state index in [4.69, 9.17) is 4.74 Å². The van der Waals surface area contributed by atoms with Crippen molar-refractivity contribution in [2.24, 2.45) is 0 Å². The highest BCUT2D eigenvalue weighted by Gasteiger charge is 2.38. The van der Waals surface area contributed by atoms with Crippen molar-refractivity contribution >= 4 is 23.2 Å². The van der Waals surface area contributed by atoms with Gasteiger partial charge in [0.15, 0.2) is 0 Å². The zero-order valence-corrected chi connectivity index (χ0v) is 21.2. The van der Waals surface area contributed by atoms with Gasteiger partial charge in [0.1, 0.15) is 18.9 Å². The van der Waals surface area contributed by atoms with Crippen LogP contribution in [0.4, 0.5) is 0 Å². The third-order valence-corrected chi connectivity index (χ3v) is 7.94. The number of nitrogens with zero attached hydrogens (tertiary/aromatic N) is 2. The molecule has 1 atom stereocenters. The first-order valence-electron chi connectivity index (χ1n) is 12.5. The third kappa shape index (κ3) is 5.27. The maximum absolute atomic E-state index is 13.6. The van der Waals surface area contributed by atoms with E-state index in [2.05, 4.69) is 37.4 Å². The number of hydrogen-bond acceptors (Lipinski definition) is 4. The average Bonchev–Trinajstić information content (AvgIpc) is 3.61. The minimum absolute atomic E-state index is 0.0122. The van der Waals surface area contributed by atoms with Gasteiger partial charge in [-0.05, 0) is 72.0 Å². The van der Waals surface area contributed by atoms with Crippen molar-refractivity contribution in [1.29, 1.82) is 0 Å². The largest absolute Gasteiger partial charge is 0.491 e. The van der Waals surface area contributed by atoms with Gasteiger partial charge in [-0.15, -0.1) is 11.3 Å². The second-order valence-corrected chi connectivity index (χ2v) is 10.7. The standard InChI is InChI=1S/C29H32N2O3S/c1-20(2)21-8-12-24(13-9-21)34-19-26-25-15-17-35-27(25)14-16-30(26)28(32)18-31(23-10-11-23)29(33)22-6-4-3-5-7-22/h3-9,12-13,15,17,20,23,26H,10-11,14,16,18-19H2,1-2H3/t26-/m0/s1. The van der Waals surface area contributed by atoms with Crippen LogP contribution in [-0.2, 0) is 11.2 Å². The van der Waals surface area contributed by atoms with E-state index in [9.17, 15) is 9.59 Å². The fraction of sp³-hybridized carbons (Fsp3) is 0.379. The Bertz CT molecular complexity index is 1170. The minimum atomic E-state index is -0.157. The summed E-state index contributed by atoms with van der Waals surface area (Å²) in [6.45, 7) is 5.49. The molecule has 3 aromatic rings. The van der Waals surface area contributed by atoms with Crippen molar-refractivity contribution in [3.8, 4) is 5.75 Å². The topological polar surface area (TPSA) is 49.9 Å². The van der Waals surface area contributed by atoms with E-state index in [1.165, 1.54) is 16.0 Å². The lowest BCUT2D eigenvalue weighted by Crippen LogP contribution is -2.48. The first-order valence-corrected chi connectivity index (χ1v) is 13.3. The Morgan fingerprint density at radius 1 is 1.06 bits per heavy atom. The van der Waals surface area contributed by atoms with Gasteiger partial charge < -0.3 is 14.5 Å². The van der Waals surface area contributed by atoms with Crippen LogP contribution in [-0.4, -0.2) is 47.4 Å². The number of benzene rings is 2. The molecule has 0 spiro atoms. The summed E-state index contributed by atoms with van der Waals surface area (Å²) in [6.07, 6.45) is 2.76. The molecule has 6 heteroatoms. The Labute approximate surface area is 211 Å². The van der Waals surface area contributed by atoms with Gasteiger partial charge in [0, 0.05) is 23.0 Å². The molecule has 5 nitrogen and oxygen atoms in total. The lowest BCUT2D eigenvalue weighted by atomic mass is 10.00. The zero-order chi connectivity index (χ0) is 24.4. The van der Waals surface area contributed by atoms with E-state index in [1.807, 2.05) is 47.4 Å². The number of thiophene rings is 1. The number of carbonyl (C=O) groups excluding carboxylic acids is 2. The molecule has 0 bridgehead atoms. The van der Waals surface area contributed by atoms with Crippen LogP contribution in [0.25, 0.3) is 0 Å². The van der Waals surface area contributed by atoms with Gasteiger partial charge in [-0.25, -0.2) is 0 Å². The molecule has 182 valence electrons. The van der Waals surface area contributed by atoms with Crippen LogP contribution in [0.1, 0.15) is 65.0 Å². The van der Waals surface area contributed by atoms with E-state index < -0.39 is 0 Å². The normalized spacial score (nSPS) is 17.2. The van der Waals surface area contributed by atoms with Gasteiger partial charge in [0.25, 0.3) is 5.91 Å². The summed E-state index contributed by atoms with van der Waals surface area (Å²) in [5, 5.41) is 2.10. The average molecular weight is 489 g/mol. The molecule has 2 amide bonds. The molecule has 35 heavy (non-hydrogen) atoms. The Kier molecular flexibility index (Phi) is 6.91. The predicted molar refractivity (Wildman–Crippen MR) is 139 cm³/mol. The Balaban J connectivity index is 1.32. The maximum Gasteiger partial charge on any atom is 0.254 e. The fourth-order valence-electron chi connectivity index (χ4n) is 4.73. The molecule has 1 saturated carbocycles. The SMILES string of the molecule is CC(C)c1ccc(OC[C@H]2c3ccsc3CCN2C(=O)CN(C(=O)c2ccccc2)C2CC2)cc1. The zero-order valence-electron chi connectivity index (χ0n) is 20.4. The highest BCUT2D eigenvalue weighted by atomic mass is 32.1. The molecule has 5 rings (SSSR count). The van der Waals surface area contributed by atoms with Crippen molar-refractivity contribution in [3.63, 3.8) is 0 Å². The molecule has 1 fully saturated rings. The minimum Gasteiger partial charge on any atom is -0.491 e. The van der Waals surface area contributed by atoms with Crippen molar-refractivity contribution in [3.05, 3.63) is 87.6 Å². The highest BCUT2D eigenvalue weighted by molar-refractivity contribution is 7.10. The second-order valence-electron chi connectivity index (χ2n) is 9.72. The van der Waals surface area contributed by atoms with Gasteiger partial charge in [-0.3, -0.25) is 9.59 Å². The highest BCUT2D eigenvalue weighted by Crippen LogP contribution is 2.35. The molecular formula is C29H32N2O3S. The van der Waals surface area contributed by atoms with Gasteiger partial charge in [0.05, 0.1) is 6.04 Å². The van der Waals surface area contributed by atoms with Crippen LogP contribution in [0.15, 0.2) is 66.0 Å². The van der Waals surface area contributed by atoms with Crippen LogP contribution >= 0.6 is 11.3 Å². The van der Waals surface area contributed by atoms with Gasteiger partial charge in [-0.2, -0.15) is 0 Å². The summed E-state index contributed by atoms with van der Waals surface area (Å²) in [7, 11) is 0. The third-order valence-electron chi connectivity index (χ3n) is 6.94. The van der Waals surface area contributed by atoms with E-state index in [-0.39, 0.29) is 30.4 Å². The number of rotatable bonds is 8. The Morgan fingerprint density at radius 3 is 2.49 bits per heavy atom. The fourth-order valence-corrected chi connectivity index (χ4v) is 5.66. The summed E-state index contributed by atoms with van der Waals surface area (Å²) < 4.78 is 6.20. The number of carbonyl (C=O) groups is 2. The second kappa shape index (κ2) is 10.2. The molecule has 0 N–H and O–H groups in total. The van der Waals surface area contributed by atoms with Crippen LogP contribution in [0.3, 0.4) is 0 Å². The number of amides is 2. The molecule has 2 aromatic carbocycles. The number of ether oxygens (including phenoxy) is 1. The van der Waals surface area contributed by atoms with Crippen LogP contribution in [0, 0.1) is 0 Å². The molecule has 1 aliphatic carbocycles. The first-order chi connectivity index (χ1) is 17.0. The van der Waals surface area contributed by atoms with Gasteiger partial charge in [0.2, 0.25) is 5.91 Å². The van der Waals surface area contributed by atoms with E-state index in [1.54, 1.807) is 16.2 Å². The summed E-state index contributed by atoms with van der Waals surface area (Å²) in [4.78, 5) is 31.8. The smallest absolute Gasteiger partial charge is 0.254 e. The molecule has 0 saturated heterocycles. The quantitative estimate of drug-likeness (QED) is 0.410. The predicted octanol–water partition coefficient (Wildman–Crippen LogP) is 5.68. The van der Waals surface area contributed by atoms with Crippen LogP contribution in [0.5, 0.6) is 5.75 Å². The van der Waals surface area contributed by atoms with Crippen molar-refractivity contribution < 1.29 is 14.3 Å². The summed E-state index contributed by atoms with van der Waals surface area (Å²) in [5.41, 5.74) is 3.08. The van der Waals surface area contributed by atoms with E-state index >= 15 is 0 Å². The summed E-state index contributed by atoms with van der Waals surface area (Å²) in [6, 6.07) is 19.6. The maximum atomic E-state index is 13.6. The Morgan fingerprint density at radius 2 is 1.80 bits per heavy atom. The number of fused-ring (bicyclic) bond motifs is 1. The molecule has 0 radical (unpaired) electrons. The Hall–Kier alpha value is -3.12. The first kappa shape index (κ1) is 23.6. The van der Waals surface area contributed by atoms with E-state index in [0.29, 0.717) is 24.6 Å². The summed E-state index contributed by atoms with van der Waals surface area (Å²) in [5.74, 6) is 1.20. The molecule has 1 aromatic heterocycles. The molecule has 0 unspecified atom stereocenters. The van der Waals surface area contributed by atoms with Crippen molar-refractivity contribution in [2.45, 2.75) is 51.1 Å².